The Labute approximate surface area is 294 Å². The molecule has 0 spiro atoms. The molecule has 0 fully saturated rings. The van der Waals surface area contributed by atoms with Gasteiger partial charge in [0.05, 0.1) is 0 Å². The van der Waals surface area contributed by atoms with E-state index in [4.69, 9.17) is 19.4 Å². The zero-order valence-corrected chi connectivity index (χ0v) is 27.5. The molecular weight excluding hydrogens is 623 g/mol. The Kier molecular flexibility index (Phi) is 6.78. The van der Waals surface area contributed by atoms with Crippen LogP contribution in [0.3, 0.4) is 0 Å². The summed E-state index contributed by atoms with van der Waals surface area (Å²) < 4.78 is 6.38. The van der Waals surface area contributed by atoms with E-state index in [-0.39, 0.29) is 0 Å². The second-order valence-electron chi connectivity index (χ2n) is 12.8. The van der Waals surface area contributed by atoms with Crippen LogP contribution in [0.4, 0.5) is 0 Å². The molecule has 0 N–H and O–H groups in total. The first-order valence-electron chi connectivity index (χ1n) is 17.1. The highest BCUT2D eigenvalue weighted by Crippen LogP contribution is 2.39. The third kappa shape index (κ3) is 5.04. The average molecular weight is 652 g/mol. The van der Waals surface area contributed by atoms with E-state index in [1.165, 1.54) is 27.1 Å². The molecule has 0 amide bonds. The molecule has 2 heterocycles. The lowest BCUT2D eigenvalue weighted by Crippen LogP contribution is -2.00. The van der Waals surface area contributed by atoms with Crippen molar-refractivity contribution in [2.75, 3.05) is 0 Å². The van der Waals surface area contributed by atoms with Crippen molar-refractivity contribution in [2.24, 2.45) is 0 Å². The van der Waals surface area contributed by atoms with Gasteiger partial charge in [-0.25, -0.2) is 15.0 Å². The molecule has 2 aromatic heterocycles. The van der Waals surface area contributed by atoms with E-state index in [0.717, 1.165) is 55.3 Å². The van der Waals surface area contributed by atoms with Gasteiger partial charge in [-0.15, -0.1) is 0 Å². The van der Waals surface area contributed by atoms with E-state index in [9.17, 15) is 0 Å². The summed E-state index contributed by atoms with van der Waals surface area (Å²) in [5.41, 5.74) is 8.98. The molecule has 0 aliphatic carbocycles. The molecule has 0 unspecified atom stereocenters. The minimum absolute atomic E-state index is 0.599. The first kappa shape index (κ1) is 29.0. The van der Waals surface area contributed by atoms with Gasteiger partial charge in [0.25, 0.3) is 0 Å². The third-order valence-corrected chi connectivity index (χ3v) is 9.73. The van der Waals surface area contributed by atoms with Crippen molar-refractivity contribution in [3.63, 3.8) is 0 Å². The molecule has 0 aliphatic heterocycles. The predicted octanol–water partition coefficient (Wildman–Crippen LogP) is 12.4. The van der Waals surface area contributed by atoms with Gasteiger partial charge >= 0.3 is 0 Å². The minimum atomic E-state index is 0.599. The van der Waals surface area contributed by atoms with Crippen molar-refractivity contribution < 1.29 is 4.42 Å². The summed E-state index contributed by atoms with van der Waals surface area (Å²) >= 11 is 0. The maximum absolute atomic E-state index is 6.38. The highest BCUT2D eigenvalue weighted by Gasteiger charge is 2.19. The van der Waals surface area contributed by atoms with Crippen LogP contribution in [-0.2, 0) is 0 Å². The Morgan fingerprint density at radius 3 is 1.67 bits per heavy atom. The lowest BCUT2D eigenvalue weighted by atomic mass is 9.93. The molecule has 0 atom stereocenters. The number of nitrogens with zero attached hydrogens (tertiary/aromatic N) is 3. The Bertz CT molecular complexity index is 2900. The number of hydrogen-bond acceptors (Lipinski definition) is 4. The van der Waals surface area contributed by atoms with Crippen LogP contribution in [0.5, 0.6) is 0 Å². The molecule has 4 nitrogen and oxygen atoms in total. The van der Waals surface area contributed by atoms with Gasteiger partial charge in [0.15, 0.2) is 17.5 Å². The van der Waals surface area contributed by atoms with Crippen molar-refractivity contribution in [2.45, 2.75) is 0 Å². The summed E-state index contributed by atoms with van der Waals surface area (Å²) in [6, 6.07) is 61.1. The van der Waals surface area contributed by atoms with Gasteiger partial charge in [-0.2, -0.15) is 0 Å². The second kappa shape index (κ2) is 11.9. The van der Waals surface area contributed by atoms with Crippen LogP contribution in [0.15, 0.2) is 180 Å². The second-order valence-corrected chi connectivity index (χ2v) is 12.8. The van der Waals surface area contributed by atoms with Crippen LogP contribution in [0, 0.1) is 0 Å². The molecule has 0 saturated carbocycles. The number of furan rings is 1. The molecule has 51 heavy (non-hydrogen) atoms. The topological polar surface area (TPSA) is 51.8 Å². The lowest BCUT2D eigenvalue weighted by Gasteiger charge is -2.12. The lowest BCUT2D eigenvalue weighted by molar-refractivity contribution is 0.669. The Morgan fingerprint density at radius 2 is 0.902 bits per heavy atom. The summed E-state index contributed by atoms with van der Waals surface area (Å²) in [6.07, 6.45) is 0. The first-order valence-corrected chi connectivity index (χ1v) is 17.1. The van der Waals surface area contributed by atoms with Crippen molar-refractivity contribution in [1.82, 2.24) is 15.0 Å². The van der Waals surface area contributed by atoms with Gasteiger partial charge in [0.1, 0.15) is 11.2 Å². The summed E-state index contributed by atoms with van der Waals surface area (Å²) in [6.45, 7) is 0. The molecule has 10 rings (SSSR count). The molecule has 238 valence electrons. The molecule has 4 heteroatoms. The fourth-order valence-electron chi connectivity index (χ4n) is 7.26. The zero-order valence-electron chi connectivity index (χ0n) is 27.5. The Hall–Kier alpha value is -6.91. The summed E-state index contributed by atoms with van der Waals surface area (Å²) in [5, 5.41) is 6.98. The Balaban J connectivity index is 1.13. The fraction of sp³-hybridized carbons (Fsp3) is 0. The average Bonchev–Trinajstić information content (AvgIpc) is 3.59. The predicted molar refractivity (Wildman–Crippen MR) is 209 cm³/mol. The van der Waals surface area contributed by atoms with E-state index in [2.05, 4.69) is 127 Å². The molecule has 0 bridgehead atoms. The smallest absolute Gasteiger partial charge is 0.164 e. The standard InChI is InChI=1S/C47H29N3O/c1-3-12-30(13-4-1)34-26-27-42-41(28-34)44-39(20-11-21-43(44)51-42)47-49-45(32-14-5-2-6-15-32)48-46(50-47)33-24-22-31(23-25-33)40-29-35-16-7-8-17-36(35)37-18-9-10-19-38(37)40/h1-29H. The molecule has 0 radical (unpaired) electrons. The largest absolute Gasteiger partial charge is 0.456 e. The highest BCUT2D eigenvalue weighted by molar-refractivity contribution is 6.14. The van der Waals surface area contributed by atoms with E-state index >= 15 is 0 Å². The fourth-order valence-corrected chi connectivity index (χ4v) is 7.26. The molecule has 0 saturated heterocycles. The van der Waals surface area contributed by atoms with E-state index < -0.39 is 0 Å². The van der Waals surface area contributed by atoms with Crippen LogP contribution in [0.2, 0.25) is 0 Å². The van der Waals surface area contributed by atoms with Crippen LogP contribution >= 0.6 is 0 Å². The van der Waals surface area contributed by atoms with Crippen molar-refractivity contribution in [3.8, 4) is 56.4 Å². The summed E-state index contributed by atoms with van der Waals surface area (Å²) in [5.74, 6) is 1.83. The number of aromatic nitrogens is 3. The summed E-state index contributed by atoms with van der Waals surface area (Å²) in [4.78, 5) is 15.3. The maximum Gasteiger partial charge on any atom is 0.164 e. The Morgan fingerprint density at radius 1 is 0.314 bits per heavy atom. The maximum atomic E-state index is 6.38. The highest BCUT2D eigenvalue weighted by atomic mass is 16.3. The van der Waals surface area contributed by atoms with Crippen LogP contribution in [0.1, 0.15) is 0 Å². The SMILES string of the molecule is c1ccc(-c2ccc3oc4cccc(-c5nc(-c6ccccc6)nc(-c6ccc(-c7cc8ccccc8c8ccccc78)cc6)n5)c4c3c2)cc1. The van der Waals surface area contributed by atoms with Crippen molar-refractivity contribution >= 4 is 43.5 Å². The van der Waals surface area contributed by atoms with Crippen LogP contribution in [-0.4, -0.2) is 15.0 Å². The molecule has 8 aromatic carbocycles. The quantitative estimate of drug-likeness (QED) is 0.174. The number of benzene rings is 8. The molecule has 10 aromatic rings. The van der Waals surface area contributed by atoms with Crippen molar-refractivity contribution in [1.29, 1.82) is 0 Å². The van der Waals surface area contributed by atoms with E-state index in [1.807, 2.05) is 48.5 Å². The third-order valence-electron chi connectivity index (χ3n) is 9.73. The number of rotatable bonds is 5. The van der Waals surface area contributed by atoms with E-state index in [1.54, 1.807) is 0 Å². The zero-order chi connectivity index (χ0) is 33.7. The normalized spacial score (nSPS) is 11.5. The van der Waals surface area contributed by atoms with Gasteiger partial charge in [0.2, 0.25) is 0 Å². The molecular formula is C47H29N3O. The van der Waals surface area contributed by atoms with Gasteiger partial charge < -0.3 is 4.42 Å². The van der Waals surface area contributed by atoms with Crippen LogP contribution < -0.4 is 0 Å². The first-order chi connectivity index (χ1) is 25.3. The summed E-state index contributed by atoms with van der Waals surface area (Å²) in [7, 11) is 0. The minimum Gasteiger partial charge on any atom is -0.456 e. The van der Waals surface area contributed by atoms with Gasteiger partial charge in [0, 0.05) is 27.5 Å². The van der Waals surface area contributed by atoms with Crippen LogP contribution in [0.25, 0.3) is 99.9 Å². The van der Waals surface area contributed by atoms with Crippen molar-refractivity contribution in [3.05, 3.63) is 176 Å². The monoisotopic (exact) mass is 651 g/mol. The van der Waals surface area contributed by atoms with Gasteiger partial charge in [-0.1, -0.05) is 152 Å². The van der Waals surface area contributed by atoms with E-state index in [0.29, 0.717) is 17.5 Å². The van der Waals surface area contributed by atoms with Gasteiger partial charge in [-0.05, 0) is 68.1 Å². The molecule has 0 aliphatic rings. The van der Waals surface area contributed by atoms with Gasteiger partial charge in [-0.3, -0.25) is 0 Å². The number of hydrogen-bond donors (Lipinski definition) is 0. The number of fused-ring (bicyclic) bond motifs is 6.